The molecule has 1 fully saturated rings. The number of benzene rings is 1. The monoisotopic (exact) mass is 394 g/mol. The van der Waals surface area contributed by atoms with E-state index in [1.165, 1.54) is 0 Å². The standard InChI is InChI=1S/C20H22N6OS/c1-12(28-20-25-22-11-26(20)3)15-5-4-6-16(9-15)24-19(27)17-10-21-13(2)23-18(17)14-7-8-14/h4-6,9-12,14H,7-8H2,1-3H3,(H,24,27). The van der Waals surface area contributed by atoms with Gasteiger partial charge in [-0.05, 0) is 44.4 Å². The molecule has 4 rings (SSSR count). The Morgan fingerprint density at radius 1 is 1.36 bits per heavy atom. The maximum Gasteiger partial charge on any atom is 0.259 e. The van der Waals surface area contributed by atoms with Crippen molar-refractivity contribution in [2.24, 2.45) is 7.05 Å². The van der Waals surface area contributed by atoms with Gasteiger partial charge in [0.2, 0.25) is 0 Å². The molecule has 144 valence electrons. The van der Waals surface area contributed by atoms with Crippen LogP contribution >= 0.6 is 11.8 Å². The second-order valence-corrected chi connectivity index (χ2v) is 8.36. The van der Waals surface area contributed by atoms with E-state index in [-0.39, 0.29) is 11.2 Å². The summed E-state index contributed by atoms with van der Waals surface area (Å²) < 4.78 is 1.89. The van der Waals surface area contributed by atoms with Gasteiger partial charge in [-0.1, -0.05) is 23.9 Å². The zero-order valence-corrected chi connectivity index (χ0v) is 16.9. The zero-order valence-electron chi connectivity index (χ0n) is 16.1. The molecule has 0 aliphatic heterocycles. The van der Waals surface area contributed by atoms with E-state index in [0.29, 0.717) is 17.3 Å². The van der Waals surface area contributed by atoms with Crippen LogP contribution in [0.25, 0.3) is 0 Å². The topological polar surface area (TPSA) is 85.6 Å². The SMILES string of the molecule is Cc1ncc(C(=O)Nc2cccc(C(C)Sc3nncn3C)c2)c(C2CC2)n1. The highest BCUT2D eigenvalue weighted by atomic mass is 32.2. The fourth-order valence-corrected chi connectivity index (χ4v) is 3.91. The van der Waals surface area contributed by atoms with Gasteiger partial charge in [0, 0.05) is 30.1 Å². The van der Waals surface area contributed by atoms with Crippen LogP contribution in [0.15, 0.2) is 41.9 Å². The minimum atomic E-state index is -0.160. The Bertz CT molecular complexity index is 1010. The molecule has 1 aliphatic carbocycles. The van der Waals surface area contributed by atoms with Gasteiger partial charge in [-0.25, -0.2) is 9.97 Å². The Hall–Kier alpha value is -2.74. The number of hydrogen-bond acceptors (Lipinski definition) is 6. The molecule has 0 bridgehead atoms. The summed E-state index contributed by atoms with van der Waals surface area (Å²) >= 11 is 1.63. The number of carbonyl (C=O) groups is 1. The summed E-state index contributed by atoms with van der Waals surface area (Å²) in [6.07, 6.45) is 5.50. The van der Waals surface area contributed by atoms with Crippen molar-refractivity contribution in [3.05, 3.63) is 59.4 Å². The Balaban J connectivity index is 1.51. The zero-order chi connectivity index (χ0) is 19.7. The molecule has 7 nitrogen and oxygen atoms in total. The second kappa shape index (κ2) is 7.71. The molecule has 3 aromatic rings. The van der Waals surface area contributed by atoms with E-state index in [9.17, 15) is 4.79 Å². The van der Waals surface area contributed by atoms with Crippen LogP contribution in [0.3, 0.4) is 0 Å². The average Bonchev–Trinajstić information content (AvgIpc) is 3.45. The molecule has 1 saturated carbocycles. The lowest BCUT2D eigenvalue weighted by atomic mass is 10.1. The Morgan fingerprint density at radius 3 is 2.89 bits per heavy atom. The molecule has 1 unspecified atom stereocenters. The molecular weight excluding hydrogens is 372 g/mol. The van der Waals surface area contributed by atoms with E-state index in [2.05, 4.69) is 32.4 Å². The van der Waals surface area contributed by atoms with E-state index < -0.39 is 0 Å². The fourth-order valence-electron chi connectivity index (χ4n) is 3.00. The molecule has 28 heavy (non-hydrogen) atoms. The quantitative estimate of drug-likeness (QED) is 0.638. The molecular formula is C20H22N6OS. The number of rotatable bonds is 6. The van der Waals surface area contributed by atoms with Gasteiger partial charge in [0.05, 0.1) is 11.3 Å². The molecule has 1 aromatic carbocycles. The lowest BCUT2D eigenvalue weighted by Gasteiger charge is -2.13. The first kappa shape index (κ1) is 18.6. The average molecular weight is 395 g/mol. The number of nitrogens with one attached hydrogen (secondary N) is 1. The Kier molecular flexibility index (Phi) is 5.13. The maximum atomic E-state index is 12.8. The highest BCUT2D eigenvalue weighted by Gasteiger charge is 2.30. The van der Waals surface area contributed by atoms with Crippen LogP contribution in [-0.2, 0) is 7.05 Å². The second-order valence-electron chi connectivity index (χ2n) is 7.05. The fraction of sp³-hybridized carbons (Fsp3) is 0.350. The molecule has 1 amide bonds. The van der Waals surface area contributed by atoms with Gasteiger partial charge in [0.15, 0.2) is 5.16 Å². The number of aromatic nitrogens is 5. The molecule has 0 spiro atoms. The van der Waals surface area contributed by atoms with Crippen LogP contribution in [0.2, 0.25) is 0 Å². The van der Waals surface area contributed by atoms with Gasteiger partial charge in [0.1, 0.15) is 12.2 Å². The van der Waals surface area contributed by atoms with Crippen molar-refractivity contribution < 1.29 is 4.79 Å². The molecule has 1 N–H and O–H groups in total. The normalized spacial score (nSPS) is 14.7. The predicted molar refractivity (Wildman–Crippen MR) is 108 cm³/mol. The number of aryl methyl sites for hydroxylation is 2. The van der Waals surface area contributed by atoms with Crippen LogP contribution in [0.4, 0.5) is 5.69 Å². The Labute approximate surface area is 168 Å². The van der Waals surface area contributed by atoms with Gasteiger partial charge in [0.25, 0.3) is 5.91 Å². The molecule has 2 heterocycles. The minimum absolute atomic E-state index is 0.160. The van der Waals surface area contributed by atoms with Crippen molar-refractivity contribution in [3.8, 4) is 0 Å². The van der Waals surface area contributed by atoms with Crippen LogP contribution in [0.1, 0.15) is 58.4 Å². The summed E-state index contributed by atoms with van der Waals surface area (Å²) in [6, 6.07) is 7.89. The van der Waals surface area contributed by atoms with Crippen molar-refractivity contribution in [2.45, 2.75) is 43.0 Å². The summed E-state index contributed by atoms with van der Waals surface area (Å²) in [5, 5.41) is 12.1. The van der Waals surface area contributed by atoms with Crippen LogP contribution in [0.5, 0.6) is 0 Å². The van der Waals surface area contributed by atoms with Gasteiger partial charge < -0.3 is 9.88 Å². The van der Waals surface area contributed by atoms with Crippen LogP contribution < -0.4 is 5.32 Å². The number of thioether (sulfide) groups is 1. The third kappa shape index (κ3) is 4.06. The lowest BCUT2D eigenvalue weighted by molar-refractivity contribution is 0.102. The summed E-state index contributed by atoms with van der Waals surface area (Å²) in [5.74, 6) is 0.930. The van der Waals surface area contributed by atoms with E-state index in [0.717, 1.165) is 34.9 Å². The molecule has 1 atom stereocenters. The first-order valence-electron chi connectivity index (χ1n) is 9.27. The van der Waals surface area contributed by atoms with Crippen LogP contribution in [-0.4, -0.2) is 30.6 Å². The summed E-state index contributed by atoms with van der Waals surface area (Å²) in [5.41, 5.74) is 3.30. The first-order valence-corrected chi connectivity index (χ1v) is 10.1. The van der Waals surface area contributed by atoms with Crippen molar-refractivity contribution in [1.29, 1.82) is 0 Å². The maximum absolute atomic E-state index is 12.8. The highest BCUT2D eigenvalue weighted by molar-refractivity contribution is 7.99. The third-order valence-corrected chi connectivity index (χ3v) is 5.92. The van der Waals surface area contributed by atoms with Gasteiger partial charge in [-0.2, -0.15) is 0 Å². The van der Waals surface area contributed by atoms with E-state index in [4.69, 9.17) is 0 Å². The van der Waals surface area contributed by atoms with E-state index >= 15 is 0 Å². The molecule has 0 radical (unpaired) electrons. The van der Waals surface area contributed by atoms with Gasteiger partial charge >= 0.3 is 0 Å². The van der Waals surface area contributed by atoms with E-state index in [1.54, 1.807) is 24.3 Å². The van der Waals surface area contributed by atoms with Crippen molar-refractivity contribution >= 4 is 23.4 Å². The van der Waals surface area contributed by atoms with Crippen molar-refractivity contribution in [2.75, 3.05) is 5.32 Å². The molecule has 1 aliphatic rings. The summed E-state index contributed by atoms with van der Waals surface area (Å²) in [7, 11) is 1.92. The number of nitrogens with zero attached hydrogens (tertiary/aromatic N) is 5. The summed E-state index contributed by atoms with van der Waals surface area (Å²) in [6.45, 7) is 3.96. The number of amides is 1. The van der Waals surface area contributed by atoms with E-state index in [1.807, 2.05) is 42.8 Å². The molecule has 2 aromatic heterocycles. The largest absolute Gasteiger partial charge is 0.322 e. The Morgan fingerprint density at radius 2 is 2.18 bits per heavy atom. The highest BCUT2D eigenvalue weighted by Crippen LogP contribution is 2.40. The van der Waals surface area contributed by atoms with Crippen molar-refractivity contribution in [1.82, 2.24) is 24.7 Å². The molecule has 8 heteroatoms. The van der Waals surface area contributed by atoms with Gasteiger partial charge in [-0.3, -0.25) is 4.79 Å². The lowest BCUT2D eigenvalue weighted by Crippen LogP contribution is -2.16. The number of carbonyl (C=O) groups excluding carboxylic acids is 1. The van der Waals surface area contributed by atoms with Gasteiger partial charge in [-0.15, -0.1) is 10.2 Å². The molecule has 0 saturated heterocycles. The summed E-state index contributed by atoms with van der Waals surface area (Å²) in [4.78, 5) is 21.6. The predicted octanol–water partition coefficient (Wildman–Crippen LogP) is 3.90. The van der Waals surface area contributed by atoms with Crippen molar-refractivity contribution in [3.63, 3.8) is 0 Å². The smallest absolute Gasteiger partial charge is 0.259 e. The number of anilines is 1. The number of hydrogen-bond donors (Lipinski definition) is 1. The first-order chi connectivity index (χ1) is 13.5. The van der Waals surface area contributed by atoms with Crippen LogP contribution in [0, 0.1) is 6.92 Å². The third-order valence-electron chi connectivity index (χ3n) is 4.71. The minimum Gasteiger partial charge on any atom is -0.322 e.